The van der Waals surface area contributed by atoms with Crippen LogP contribution in [-0.4, -0.2) is 60.7 Å². The van der Waals surface area contributed by atoms with Crippen molar-refractivity contribution in [1.29, 1.82) is 0 Å². The number of hydrogen-bond donors (Lipinski definition) is 3. The van der Waals surface area contributed by atoms with Crippen LogP contribution in [0, 0.1) is 5.41 Å². The van der Waals surface area contributed by atoms with Gasteiger partial charge in [-0.25, -0.2) is 9.20 Å². The van der Waals surface area contributed by atoms with Crippen LogP contribution in [0.3, 0.4) is 0 Å². The van der Waals surface area contributed by atoms with Gasteiger partial charge in [-0.2, -0.15) is 10.2 Å². The second-order valence-electron chi connectivity index (χ2n) is 12.0. The molecule has 3 aromatic heterocycles. The van der Waals surface area contributed by atoms with Crippen LogP contribution in [0.15, 0.2) is 61.2 Å². The Morgan fingerprint density at radius 3 is 2.68 bits per heavy atom. The van der Waals surface area contributed by atoms with E-state index in [1.165, 1.54) is 0 Å². The van der Waals surface area contributed by atoms with Crippen molar-refractivity contribution in [3.8, 4) is 17.2 Å². The van der Waals surface area contributed by atoms with Crippen LogP contribution >= 0.6 is 0 Å². The quantitative estimate of drug-likeness (QED) is 0.271. The summed E-state index contributed by atoms with van der Waals surface area (Å²) in [6, 6.07) is 10.9. The molecule has 0 saturated heterocycles. The maximum atomic E-state index is 12.8. The number of aromatic nitrogens is 4. The summed E-state index contributed by atoms with van der Waals surface area (Å²) in [5.41, 5.74) is 7.64. The Morgan fingerprint density at radius 1 is 1.17 bits per heavy atom. The summed E-state index contributed by atoms with van der Waals surface area (Å²) in [7, 11) is 0. The van der Waals surface area contributed by atoms with Crippen LogP contribution in [0.4, 0.5) is 0 Å². The normalized spacial score (nSPS) is 21.7. The predicted molar refractivity (Wildman–Crippen MR) is 150 cm³/mol. The van der Waals surface area contributed by atoms with E-state index in [-0.39, 0.29) is 36.5 Å². The zero-order valence-electron chi connectivity index (χ0n) is 23.1. The molecule has 0 radical (unpaired) electrons. The Morgan fingerprint density at radius 2 is 1.98 bits per heavy atom. The van der Waals surface area contributed by atoms with Crippen molar-refractivity contribution < 1.29 is 24.2 Å². The van der Waals surface area contributed by atoms with E-state index in [1.54, 1.807) is 59.8 Å². The summed E-state index contributed by atoms with van der Waals surface area (Å²) in [5, 5.41) is 21.6. The lowest BCUT2D eigenvalue weighted by Gasteiger charge is -2.57. The number of ether oxygens (including phenoxy) is 2. The Labute approximate surface area is 237 Å². The summed E-state index contributed by atoms with van der Waals surface area (Å²) in [6.07, 6.45) is 10.8. The number of nitrogens with one attached hydrogen (secondary N) is 1. The highest BCUT2D eigenvalue weighted by molar-refractivity contribution is 5.96. The molecule has 6 rings (SSSR count). The molecule has 0 bridgehead atoms. The van der Waals surface area contributed by atoms with Gasteiger partial charge in [0.15, 0.2) is 0 Å². The van der Waals surface area contributed by atoms with Crippen LogP contribution in [0.1, 0.15) is 55.5 Å². The van der Waals surface area contributed by atoms with Crippen molar-refractivity contribution >= 4 is 17.3 Å². The molecule has 2 saturated carbocycles. The molecule has 0 aliphatic heterocycles. The van der Waals surface area contributed by atoms with Gasteiger partial charge < -0.3 is 25.6 Å². The summed E-state index contributed by atoms with van der Waals surface area (Å²) in [6.45, 7) is 3.53. The van der Waals surface area contributed by atoms with Gasteiger partial charge in [0.2, 0.25) is 5.91 Å². The molecule has 1 spiro atoms. The van der Waals surface area contributed by atoms with E-state index in [9.17, 15) is 14.7 Å². The van der Waals surface area contributed by atoms with Gasteiger partial charge in [-0.15, -0.1) is 0 Å². The molecule has 11 nitrogen and oxygen atoms in total. The first kappa shape index (κ1) is 26.8. The topological polar surface area (TPSA) is 146 Å². The highest BCUT2D eigenvalue weighted by Crippen LogP contribution is 2.57. The molecule has 2 aliphatic carbocycles. The smallest absolute Gasteiger partial charge is 0.252 e. The fraction of sp³-hybridized carbons (Fsp3) is 0.400. The van der Waals surface area contributed by atoms with E-state index in [2.05, 4.69) is 15.5 Å². The number of amides is 2. The Bertz CT molecular complexity index is 1570. The minimum absolute atomic E-state index is 0.00581. The monoisotopic (exact) mass is 558 g/mol. The Kier molecular flexibility index (Phi) is 6.69. The lowest BCUT2D eigenvalue weighted by molar-refractivity contribution is -0.126. The average Bonchev–Trinajstić information content (AvgIpc) is 3.55. The van der Waals surface area contributed by atoms with Gasteiger partial charge in [0.1, 0.15) is 18.1 Å². The third-order valence-corrected chi connectivity index (χ3v) is 7.85. The number of carbonyl (C=O) groups excluding carboxylic acids is 2. The van der Waals surface area contributed by atoms with Crippen LogP contribution in [0.5, 0.6) is 11.5 Å². The van der Waals surface area contributed by atoms with E-state index in [0.717, 1.165) is 42.5 Å². The van der Waals surface area contributed by atoms with Crippen molar-refractivity contribution in [3.05, 3.63) is 72.3 Å². The van der Waals surface area contributed by atoms with Gasteiger partial charge in [-0.3, -0.25) is 9.59 Å². The van der Waals surface area contributed by atoms with E-state index in [4.69, 9.17) is 15.2 Å². The number of benzene rings is 1. The number of hydrogen-bond acceptors (Lipinski definition) is 7. The van der Waals surface area contributed by atoms with Crippen LogP contribution < -0.4 is 20.5 Å². The molecule has 4 N–H and O–H groups in total. The molecule has 2 aliphatic rings. The molecule has 214 valence electrons. The van der Waals surface area contributed by atoms with Crippen molar-refractivity contribution in [2.24, 2.45) is 11.1 Å². The first-order chi connectivity index (χ1) is 19.6. The number of pyridine rings is 1. The first-order valence-corrected chi connectivity index (χ1v) is 13.8. The Hall–Kier alpha value is -4.38. The van der Waals surface area contributed by atoms with E-state index in [1.807, 2.05) is 24.4 Å². The highest BCUT2D eigenvalue weighted by Gasteiger charge is 2.54. The molecule has 0 atom stereocenters. The fourth-order valence-corrected chi connectivity index (χ4v) is 5.92. The molecule has 1 aromatic carbocycles. The molecular formula is C30H34N6O5. The predicted octanol–water partition coefficient (Wildman–Crippen LogP) is 2.82. The minimum Gasteiger partial charge on any atom is -0.489 e. The van der Waals surface area contributed by atoms with E-state index >= 15 is 0 Å². The van der Waals surface area contributed by atoms with Gasteiger partial charge in [0.25, 0.3) is 5.91 Å². The van der Waals surface area contributed by atoms with E-state index < -0.39 is 11.5 Å². The SMILES string of the molecule is CC(C)(O)COc1ccc2c(CC(=O)NC3CC4(C3)CC(Oc3cc(-n5cccn5)ccc3C(N)=O)C4)cnn2c1. The van der Waals surface area contributed by atoms with Gasteiger partial charge >= 0.3 is 0 Å². The molecule has 11 heteroatoms. The highest BCUT2D eigenvalue weighted by atomic mass is 16.5. The minimum atomic E-state index is -0.933. The molecular weight excluding hydrogens is 524 g/mol. The zero-order valence-corrected chi connectivity index (χ0v) is 23.1. The maximum Gasteiger partial charge on any atom is 0.252 e. The van der Waals surface area contributed by atoms with E-state index in [0.29, 0.717) is 17.1 Å². The standard InChI is InChI=1S/C30H34N6O5/c1-29(2,39)18-40-22-5-7-25-19(16-33-36(25)17-22)10-27(37)34-20-12-30(13-20)14-23(15-30)41-26-11-21(35-9-3-8-32-35)4-6-24(26)28(31)38/h3-9,11,16-17,20,23,39H,10,12-15,18H2,1-2H3,(H2,31,38)(H,34,37). The van der Waals surface area contributed by atoms with Crippen molar-refractivity contribution in [1.82, 2.24) is 24.7 Å². The van der Waals surface area contributed by atoms with Crippen molar-refractivity contribution in [2.45, 2.75) is 63.7 Å². The van der Waals surface area contributed by atoms with Crippen molar-refractivity contribution in [3.63, 3.8) is 0 Å². The van der Waals surface area contributed by atoms with Crippen LogP contribution in [0.25, 0.3) is 11.2 Å². The number of rotatable bonds is 10. The molecule has 3 heterocycles. The van der Waals surface area contributed by atoms with Gasteiger partial charge in [-0.05, 0) is 75.3 Å². The lowest BCUT2D eigenvalue weighted by Crippen LogP contribution is -2.59. The fourth-order valence-electron chi connectivity index (χ4n) is 5.92. The largest absolute Gasteiger partial charge is 0.489 e. The number of primary amides is 1. The summed E-state index contributed by atoms with van der Waals surface area (Å²) in [4.78, 5) is 24.8. The zero-order chi connectivity index (χ0) is 28.8. The Balaban J connectivity index is 0.994. The summed E-state index contributed by atoms with van der Waals surface area (Å²) in [5.74, 6) is 0.505. The number of carbonyl (C=O) groups is 2. The van der Waals surface area contributed by atoms with Crippen LogP contribution in [0.2, 0.25) is 0 Å². The number of aliphatic hydroxyl groups is 1. The molecule has 0 unspecified atom stereocenters. The third-order valence-electron chi connectivity index (χ3n) is 7.85. The second-order valence-corrected chi connectivity index (χ2v) is 12.0. The van der Waals surface area contributed by atoms with Crippen molar-refractivity contribution in [2.75, 3.05) is 6.61 Å². The first-order valence-electron chi connectivity index (χ1n) is 13.8. The number of nitrogens with zero attached hydrogens (tertiary/aromatic N) is 4. The van der Waals surface area contributed by atoms with Crippen LogP contribution in [-0.2, 0) is 11.2 Å². The third kappa shape index (κ3) is 5.76. The summed E-state index contributed by atoms with van der Waals surface area (Å²) < 4.78 is 15.2. The lowest BCUT2D eigenvalue weighted by atomic mass is 9.53. The number of fused-ring (bicyclic) bond motifs is 1. The second kappa shape index (κ2) is 10.2. The maximum absolute atomic E-state index is 12.8. The van der Waals surface area contributed by atoms with Gasteiger partial charge in [0, 0.05) is 30.1 Å². The summed E-state index contributed by atoms with van der Waals surface area (Å²) >= 11 is 0. The van der Waals surface area contributed by atoms with Gasteiger partial charge in [0.05, 0.1) is 47.3 Å². The molecule has 41 heavy (non-hydrogen) atoms. The molecule has 2 amide bonds. The number of nitrogens with two attached hydrogens (primary N) is 1. The van der Waals surface area contributed by atoms with Gasteiger partial charge in [-0.1, -0.05) is 0 Å². The molecule has 2 fully saturated rings. The molecule has 4 aromatic rings. The average molecular weight is 559 g/mol.